The van der Waals surface area contributed by atoms with Crippen molar-refractivity contribution in [3.8, 4) is 0 Å². The topological polar surface area (TPSA) is 58.2 Å². The van der Waals surface area contributed by atoms with E-state index in [0.717, 1.165) is 12.8 Å². The van der Waals surface area contributed by atoms with Crippen molar-refractivity contribution in [2.24, 2.45) is 5.92 Å². The van der Waals surface area contributed by atoms with Crippen LogP contribution in [0.25, 0.3) is 0 Å². The molecule has 1 heterocycles. The molecule has 0 fully saturated rings. The monoisotopic (exact) mass is 310 g/mol. The predicted octanol–water partition coefficient (Wildman–Crippen LogP) is 3.20. The van der Waals surface area contributed by atoms with Crippen molar-refractivity contribution in [1.29, 1.82) is 0 Å². The highest BCUT2D eigenvalue weighted by Gasteiger charge is 2.09. The van der Waals surface area contributed by atoms with E-state index in [1.165, 1.54) is 17.8 Å². The van der Waals surface area contributed by atoms with Gasteiger partial charge in [0.25, 0.3) is 5.91 Å². The third-order valence-electron chi connectivity index (χ3n) is 3.21. The molecule has 0 radical (unpaired) electrons. The molecule has 0 saturated carbocycles. The van der Waals surface area contributed by atoms with E-state index >= 15 is 0 Å². The van der Waals surface area contributed by atoms with Gasteiger partial charge in [0.15, 0.2) is 0 Å². The molecule has 1 atom stereocenters. The van der Waals surface area contributed by atoms with Gasteiger partial charge in [0.1, 0.15) is 0 Å². The molecule has 2 N–H and O–H groups in total. The Balaban J connectivity index is 2.12. The molecule has 4 nitrogen and oxygen atoms in total. The Morgan fingerprint density at radius 1 is 1.24 bits per heavy atom. The molecule has 1 aromatic rings. The number of hydrogen-bond acceptors (Lipinski definition) is 3. The molecule has 0 aliphatic rings. The van der Waals surface area contributed by atoms with Gasteiger partial charge in [-0.1, -0.05) is 32.8 Å². The normalized spacial score (nSPS) is 12.2. The fraction of sp³-hybridized carbons (Fsp3) is 0.625. The summed E-state index contributed by atoms with van der Waals surface area (Å²) in [5.41, 5.74) is 0. The summed E-state index contributed by atoms with van der Waals surface area (Å²) in [5, 5.41) is 7.59. The van der Waals surface area contributed by atoms with Crippen LogP contribution in [0.1, 0.15) is 56.1 Å². The largest absolute Gasteiger partial charge is 0.354 e. The van der Waals surface area contributed by atoms with Crippen molar-refractivity contribution in [3.05, 3.63) is 22.4 Å². The van der Waals surface area contributed by atoms with E-state index in [-0.39, 0.29) is 17.9 Å². The highest BCUT2D eigenvalue weighted by molar-refractivity contribution is 7.12. The van der Waals surface area contributed by atoms with Gasteiger partial charge in [0, 0.05) is 19.0 Å². The number of carbonyl (C=O) groups excluding carboxylic acids is 2. The zero-order valence-corrected chi connectivity index (χ0v) is 14.0. The van der Waals surface area contributed by atoms with Crippen LogP contribution in [-0.2, 0) is 4.79 Å². The average Bonchev–Trinajstić information content (AvgIpc) is 2.91. The van der Waals surface area contributed by atoms with Crippen molar-refractivity contribution < 1.29 is 9.59 Å². The maximum atomic E-state index is 11.8. The van der Waals surface area contributed by atoms with Gasteiger partial charge < -0.3 is 10.6 Å². The van der Waals surface area contributed by atoms with Gasteiger partial charge in [-0.05, 0) is 30.7 Å². The van der Waals surface area contributed by atoms with Crippen molar-refractivity contribution in [2.45, 2.75) is 52.5 Å². The van der Waals surface area contributed by atoms with Gasteiger partial charge in [-0.3, -0.25) is 9.59 Å². The SMILES string of the molecule is CC(C)CCCC(C)NC(=O)CCNC(=O)c1cccs1. The lowest BCUT2D eigenvalue weighted by molar-refractivity contribution is -0.121. The first kappa shape index (κ1) is 17.7. The Labute approximate surface area is 131 Å². The molecular weight excluding hydrogens is 284 g/mol. The molecule has 0 saturated heterocycles. The maximum Gasteiger partial charge on any atom is 0.261 e. The lowest BCUT2D eigenvalue weighted by atomic mass is 10.0. The van der Waals surface area contributed by atoms with E-state index in [1.54, 1.807) is 6.07 Å². The minimum Gasteiger partial charge on any atom is -0.354 e. The minimum absolute atomic E-state index is 0.00136. The summed E-state index contributed by atoms with van der Waals surface area (Å²) in [5.74, 6) is 0.599. The lowest BCUT2D eigenvalue weighted by Gasteiger charge is -2.14. The third kappa shape index (κ3) is 7.85. The lowest BCUT2D eigenvalue weighted by Crippen LogP contribution is -2.35. The van der Waals surface area contributed by atoms with Crippen molar-refractivity contribution in [3.63, 3.8) is 0 Å². The summed E-state index contributed by atoms with van der Waals surface area (Å²) in [6.45, 7) is 6.82. The standard InChI is InChI=1S/C16H26N2O2S/c1-12(2)6-4-7-13(3)18-15(19)9-10-17-16(20)14-8-5-11-21-14/h5,8,11-13H,4,6-7,9-10H2,1-3H3,(H,17,20)(H,18,19). The molecule has 1 aromatic heterocycles. The van der Waals surface area contributed by atoms with Gasteiger partial charge in [0.2, 0.25) is 5.91 Å². The number of hydrogen-bond donors (Lipinski definition) is 2. The average molecular weight is 310 g/mol. The second kappa shape index (κ2) is 9.55. The van der Waals surface area contributed by atoms with Crippen molar-refractivity contribution >= 4 is 23.2 Å². The number of nitrogens with one attached hydrogen (secondary N) is 2. The number of carbonyl (C=O) groups is 2. The maximum absolute atomic E-state index is 11.8. The predicted molar refractivity (Wildman–Crippen MR) is 87.6 cm³/mol. The highest BCUT2D eigenvalue weighted by atomic mass is 32.1. The molecule has 1 rings (SSSR count). The van der Waals surface area contributed by atoms with Crippen LogP contribution in [0.3, 0.4) is 0 Å². The van der Waals surface area contributed by atoms with E-state index in [1.807, 2.05) is 18.4 Å². The fourth-order valence-corrected chi connectivity index (χ4v) is 2.68. The van der Waals surface area contributed by atoms with E-state index in [0.29, 0.717) is 23.8 Å². The van der Waals surface area contributed by atoms with Crippen LogP contribution < -0.4 is 10.6 Å². The molecule has 0 bridgehead atoms. The molecule has 2 amide bonds. The molecule has 0 spiro atoms. The minimum atomic E-state index is -0.109. The van der Waals surface area contributed by atoms with Crippen LogP contribution in [0.15, 0.2) is 17.5 Å². The summed E-state index contributed by atoms with van der Waals surface area (Å²) in [6, 6.07) is 3.81. The Kier molecular flexibility index (Phi) is 8.05. The molecule has 1 unspecified atom stereocenters. The van der Waals surface area contributed by atoms with Crippen LogP contribution in [0.4, 0.5) is 0 Å². The van der Waals surface area contributed by atoms with E-state index in [9.17, 15) is 9.59 Å². The summed E-state index contributed by atoms with van der Waals surface area (Å²) in [4.78, 5) is 24.1. The second-order valence-corrected chi connectivity index (χ2v) is 6.72. The van der Waals surface area contributed by atoms with Crippen molar-refractivity contribution in [2.75, 3.05) is 6.54 Å². The van der Waals surface area contributed by atoms with E-state index in [2.05, 4.69) is 24.5 Å². The first-order valence-corrected chi connectivity index (χ1v) is 8.48. The molecule has 21 heavy (non-hydrogen) atoms. The first-order valence-electron chi connectivity index (χ1n) is 7.60. The van der Waals surface area contributed by atoms with Gasteiger partial charge >= 0.3 is 0 Å². The number of rotatable bonds is 9. The Hall–Kier alpha value is -1.36. The zero-order valence-electron chi connectivity index (χ0n) is 13.1. The Morgan fingerprint density at radius 2 is 2.00 bits per heavy atom. The van der Waals surface area contributed by atoms with Crippen LogP contribution in [0, 0.1) is 5.92 Å². The first-order chi connectivity index (χ1) is 9.99. The summed E-state index contributed by atoms with van der Waals surface area (Å²) < 4.78 is 0. The van der Waals surface area contributed by atoms with Crippen molar-refractivity contribution in [1.82, 2.24) is 10.6 Å². The van der Waals surface area contributed by atoms with Gasteiger partial charge in [-0.25, -0.2) is 0 Å². The fourth-order valence-electron chi connectivity index (χ4n) is 2.04. The number of amides is 2. The zero-order chi connectivity index (χ0) is 15.7. The summed E-state index contributed by atoms with van der Waals surface area (Å²) in [7, 11) is 0. The third-order valence-corrected chi connectivity index (χ3v) is 4.08. The van der Waals surface area contributed by atoms with E-state index < -0.39 is 0 Å². The van der Waals surface area contributed by atoms with Crippen LogP contribution >= 0.6 is 11.3 Å². The van der Waals surface area contributed by atoms with Gasteiger partial charge in [-0.15, -0.1) is 11.3 Å². The van der Waals surface area contributed by atoms with Gasteiger partial charge in [-0.2, -0.15) is 0 Å². The molecule has 5 heteroatoms. The molecule has 0 aliphatic carbocycles. The smallest absolute Gasteiger partial charge is 0.261 e. The second-order valence-electron chi connectivity index (χ2n) is 5.78. The quantitative estimate of drug-likeness (QED) is 0.736. The molecule has 0 aliphatic heterocycles. The van der Waals surface area contributed by atoms with Gasteiger partial charge in [0.05, 0.1) is 4.88 Å². The van der Waals surface area contributed by atoms with E-state index in [4.69, 9.17) is 0 Å². The summed E-state index contributed by atoms with van der Waals surface area (Å²) in [6.07, 6.45) is 3.66. The van der Waals surface area contributed by atoms with Crippen LogP contribution in [0.2, 0.25) is 0 Å². The number of thiophene rings is 1. The Bertz CT molecular complexity index is 429. The highest BCUT2D eigenvalue weighted by Crippen LogP contribution is 2.09. The molecule has 0 aromatic carbocycles. The van der Waals surface area contributed by atoms with Crippen LogP contribution in [-0.4, -0.2) is 24.4 Å². The Morgan fingerprint density at radius 3 is 2.62 bits per heavy atom. The molecular formula is C16H26N2O2S. The van der Waals surface area contributed by atoms with Crippen LogP contribution in [0.5, 0.6) is 0 Å². The molecule has 118 valence electrons. The summed E-state index contributed by atoms with van der Waals surface area (Å²) >= 11 is 1.40.